The highest BCUT2D eigenvalue weighted by atomic mass is 19.1. The van der Waals surface area contributed by atoms with Gasteiger partial charge in [0.05, 0.1) is 0 Å². The Hall–Kier alpha value is -1.68. The zero-order chi connectivity index (χ0) is 15.4. The predicted molar refractivity (Wildman–Crippen MR) is 82.3 cm³/mol. The normalized spacial score (nSPS) is 23.8. The van der Waals surface area contributed by atoms with Crippen LogP contribution in [0.25, 0.3) is 0 Å². The van der Waals surface area contributed by atoms with Crippen LogP contribution in [0.3, 0.4) is 0 Å². The van der Waals surface area contributed by atoms with Crippen LogP contribution < -0.4 is 5.32 Å². The lowest BCUT2D eigenvalue weighted by Crippen LogP contribution is -2.47. The van der Waals surface area contributed by atoms with E-state index < -0.39 is 0 Å². The lowest BCUT2D eigenvalue weighted by molar-refractivity contribution is -0.119. The van der Waals surface area contributed by atoms with Crippen molar-refractivity contribution in [2.45, 2.75) is 44.8 Å². The maximum atomic E-state index is 13.5. The average Bonchev–Trinajstić information content (AvgIpc) is 2.82. The average molecular weight is 290 g/mol. The third kappa shape index (κ3) is 3.70. The predicted octanol–water partition coefficient (Wildman–Crippen LogP) is 3.04. The first kappa shape index (κ1) is 15.7. The standard InChI is InChI=1S/C17H23FN2O/c1-4-10-20-16(12(2)19-13(3)21)8-9-17(20)14-6-5-7-15(18)11-14/h4-7,11-12,16-17H,1,8-10H2,2-3H3,(H,19,21)/t12-,16+,17-/m0/s1. The van der Waals surface area contributed by atoms with Crippen molar-refractivity contribution in [2.75, 3.05) is 6.54 Å². The molecule has 4 heteroatoms. The summed E-state index contributed by atoms with van der Waals surface area (Å²) in [7, 11) is 0. The van der Waals surface area contributed by atoms with E-state index in [0.29, 0.717) is 0 Å². The minimum absolute atomic E-state index is 0.0183. The smallest absolute Gasteiger partial charge is 0.217 e. The Bertz CT molecular complexity index is 517. The minimum atomic E-state index is -0.204. The molecule has 1 aliphatic heterocycles. The fraction of sp³-hybridized carbons (Fsp3) is 0.471. The second-order valence-electron chi connectivity index (χ2n) is 5.69. The first-order valence-electron chi connectivity index (χ1n) is 7.42. The van der Waals surface area contributed by atoms with Crippen LogP contribution >= 0.6 is 0 Å². The molecule has 1 saturated heterocycles. The van der Waals surface area contributed by atoms with Crippen LogP contribution in [0.1, 0.15) is 38.3 Å². The second-order valence-corrected chi connectivity index (χ2v) is 5.69. The Labute approximate surface area is 125 Å². The van der Waals surface area contributed by atoms with Crippen LogP contribution in [0.5, 0.6) is 0 Å². The quantitative estimate of drug-likeness (QED) is 0.845. The van der Waals surface area contributed by atoms with Crippen molar-refractivity contribution in [3.8, 4) is 0 Å². The Morgan fingerprint density at radius 2 is 2.33 bits per heavy atom. The second kappa shape index (κ2) is 6.85. The monoisotopic (exact) mass is 290 g/mol. The SMILES string of the molecule is C=CCN1[C@@H]([C@H](C)NC(C)=O)CC[C@H]1c1cccc(F)c1. The van der Waals surface area contributed by atoms with Crippen LogP contribution in [0.4, 0.5) is 4.39 Å². The molecule has 0 bridgehead atoms. The number of benzene rings is 1. The van der Waals surface area contributed by atoms with Gasteiger partial charge in [0.15, 0.2) is 0 Å². The van der Waals surface area contributed by atoms with Crippen LogP contribution in [-0.2, 0) is 4.79 Å². The van der Waals surface area contributed by atoms with Gasteiger partial charge < -0.3 is 5.32 Å². The van der Waals surface area contributed by atoms with Crippen LogP contribution in [0, 0.1) is 5.82 Å². The maximum Gasteiger partial charge on any atom is 0.217 e. The molecule has 0 aliphatic carbocycles. The summed E-state index contributed by atoms with van der Waals surface area (Å²) in [5, 5.41) is 2.97. The summed E-state index contributed by atoms with van der Waals surface area (Å²) < 4.78 is 13.5. The number of nitrogens with zero attached hydrogens (tertiary/aromatic N) is 1. The van der Waals surface area contributed by atoms with Crippen molar-refractivity contribution in [2.24, 2.45) is 0 Å². The van der Waals surface area contributed by atoms with Gasteiger partial charge in [0.25, 0.3) is 0 Å². The largest absolute Gasteiger partial charge is 0.352 e. The Balaban J connectivity index is 2.20. The van der Waals surface area contributed by atoms with Gasteiger partial charge in [-0.25, -0.2) is 4.39 Å². The first-order chi connectivity index (χ1) is 10.0. The zero-order valence-electron chi connectivity index (χ0n) is 12.7. The third-order valence-electron chi connectivity index (χ3n) is 4.14. The van der Waals surface area contributed by atoms with Crippen LogP contribution in [0.2, 0.25) is 0 Å². The number of likely N-dealkylation sites (tertiary alicyclic amines) is 1. The number of carbonyl (C=O) groups excluding carboxylic acids is 1. The fourth-order valence-electron chi connectivity index (χ4n) is 3.33. The molecule has 0 radical (unpaired) electrons. The van der Waals surface area contributed by atoms with E-state index in [9.17, 15) is 9.18 Å². The van der Waals surface area contributed by atoms with E-state index in [1.54, 1.807) is 12.1 Å². The van der Waals surface area contributed by atoms with E-state index in [1.165, 1.54) is 13.0 Å². The molecule has 21 heavy (non-hydrogen) atoms. The number of hydrogen-bond donors (Lipinski definition) is 1. The summed E-state index contributed by atoms with van der Waals surface area (Å²) >= 11 is 0. The van der Waals surface area contributed by atoms with E-state index in [1.807, 2.05) is 19.1 Å². The summed E-state index contributed by atoms with van der Waals surface area (Å²) in [5.41, 5.74) is 0.995. The molecule has 114 valence electrons. The molecule has 1 amide bonds. The van der Waals surface area contributed by atoms with E-state index in [2.05, 4.69) is 16.8 Å². The van der Waals surface area contributed by atoms with Crippen molar-refractivity contribution in [1.29, 1.82) is 0 Å². The number of rotatable bonds is 5. The van der Waals surface area contributed by atoms with E-state index in [4.69, 9.17) is 0 Å². The number of hydrogen-bond acceptors (Lipinski definition) is 2. The van der Waals surface area contributed by atoms with Gasteiger partial charge in [-0.1, -0.05) is 18.2 Å². The first-order valence-corrected chi connectivity index (χ1v) is 7.42. The molecule has 3 nitrogen and oxygen atoms in total. The molecule has 3 atom stereocenters. The molecule has 0 spiro atoms. The molecule has 0 saturated carbocycles. The summed E-state index contributed by atoms with van der Waals surface area (Å²) in [6, 6.07) is 7.29. The topological polar surface area (TPSA) is 32.3 Å². The summed E-state index contributed by atoms with van der Waals surface area (Å²) in [4.78, 5) is 13.6. The Morgan fingerprint density at radius 1 is 1.57 bits per heavy atom. The summed E-state index contributed by atoms with van der Waals surface area (Å²) in [6.45, 7) is 8.11. The number of halogens is 1. The molecule has 2 rings (SSSR count). The van der Waals surface area contributed by atoms with Gasteiger partial charge in [-0.3, -0.25) is 9.69 Å². The van der Waals surface area contributed by atoms with Crippen molar-refractivity contribution in [3.05, 3.63) is 48.3 Å². The highest BCUT2D eigenvalue weighted by molar-refractivity contribution is 5.73. The number of amides is 1. The van der Waals surface area contributed by atoms with E-state index >= 15 is 0 Å². The molecule has 0 unspecified atom stereocenters. The Morgan fingerprint density at radius 3 is 2.95 bits per heavy atom. The van der Waals surface area contributed by atoms with Gasteiger partial charge in [0, 0.05) is 31.6 Å². The van der Waals surface area contributed by atoms with E-state index in [-0.39, 0.29) is 29.8 Å². The molecule has 1 N–H and O–H groups in total. The zero-order valence-corrected chi connectivity index (χ0v) is 12.7. The highest BCUT2D eigenvalue weighted by Crippen LogP contribution is 2.37. The van der Waals surface area contributed by atoms with Gasteiger partial charge in [-0.05, 0) is 37.5 Å². The number of carbonyl (C=O) groups is 1. The molecule has 1 aromatic carbocycles. The molecule has 1 aromatic rings. The third-order valence-corrected chi connectivity index (χ3v) is 4.14. The van der Waals surface area contributed by atoms with Crippen molar-refractivity contribution < 1.29 is 9.18 Å². The van der Waals surface area contributed by atoms with Gasteiger partial charge >= 0.3 is 0 Å². The number of nitrogens with one attached hydrogen (secondary N) is 1. The van der Waals surface area contributed by atoms with Crippen LogP contribution in [0.15, 0.2) is 36.9 Å². The maximum absolute atomic E-state index is 13.5. The summed E-state index contributed by atoms with van der Waals surface area (Å²) in [6.07, 6.45) is 3.81. The highest BCUT2D eigenvalue weighted by Gasteiger charge is 2.36. The molecule has 1 aliphatic rings. The van der Waals surface area contributed by atoms with Crippen molar-refractivity contribution in [3.63, 3.8) is 0 Å². The van der Waals surface area contributed by atoms with Crippen molar-refractivity contribution in [1.82, 2.24) is 10.2 Å². The van der Waals surface area contributed by atoms with Crippen LogP contribution in [-0.4, -0.2) is 29.4 Å². The van der Waals surface area contributed by atoms with E-state index in [0.717, 1.165) is 24.9 Å². The van der Waals surface area contributed by atoms with Gasteiger partial charge in [-0.2, -0.15) is 0 Å². The molecule has 1 heterocycles. The molecule has 1 fully saturated rings. The lowest BCUT2D eigenvalue weighted by Gasteiger charge is -2.33. The minimum Gasteiger partial charge on any atom is -0.352 e. The molecule has 0 aromatic heterocycles. The summed E-state index contributed by atoms with van der Waals surface area (Å²) in [5.74, 6) is -0.223. The van der Waals surface area contributed by atoms with Gasteiger partial charge in [-0.15, -0.1) is 6.58 Å². The van der Waals surface area contributed by atoms with Crippen molar-refractivity contribution >= 4 is 5.91 Å². The molecular formula is C17H23FN2O. The molecular weight excluding hydrogens is 267 g/mol. The lowest BCUT2D eigenvalue weighted by atomic mass is 10.0. The fourth-order valence-corrected chi connectivity index (χ4v) is 3.33. The van der Waals surface area contributed by atoms with Gasteiger partial charge in [0.2, 0.25) is 5.91 Å². The Kier molecular flexibility index (Phi) is 5.12. The van der Waals surface area contributed by atoms with Gasteiger partial charge in [0.1, 0.15) is 5.82 Å².